The molecule has 3 aromatic rings. The molecule has 2 bridgehead atoms. The van der Waals surface area contributed by atoms with Crippen molar-refractivity contribution in [3.63, 3.8) is 0 Å². The van der Waals surface area contributed by atoms with Crippen LogP contribution in [-0.4, -0.2) is 75.2 Å². The van der Waals surface area contributed by atoms with E-state index in [4.69, 9.17) is 10.5 Å². The Labute approximate surface area is 212 Å². The molecule has 17 heteroatoms. The van der Waals surface area contributed by atoms with E-state index in [0.717, 1.165) is 19.3 Å². The number of hydrogen-bond donors (Lipinski definition) is 3. The summed E-state index contributed by atoms with van der Waals surface area (Å²) in [5.74, 6) is -1.09. The number of alkyl halides is 3. The smallest absolute Gasteiger partial charge is 0.449 e. The number of aromatic nitrogens is 8. The lowest BCUT2D eigenvalue weighted by Gasteiger charge is -2.23. The Bertz CT molecular complexity index is 1360. The van der Waals surface area contributed by atoms with Crippen LogP contribution in [0.4, 0.5) is 24.9 Å². The molecule has 2 aliphatic carbocycles. The van der Waals surface area contributed by atoms with Crippen molar-refractivity contribution in [3.8, 4) is 0 Å². The molecule has 1 aliphatic heterocycles. The molecule has 2 saturated carbocycles. The fraction of sp³-hybridized carbons (Fsp3) is 0.667. The number of carbonyl (C=O) groups excluding carboxylic acids is 1. The van der Waals surface area contributed by atoms with Crippen molar-refractivity contribution >= 4 is 28.9 Å². The van der Waals surface area contributed by atoms with Gasteiger partial charge in [0.25, 0.3) is 0 Å². The lowest BCUT2D eigenvalue weighted by Crippen LogP contribution is -2.38. The highest BCUT2D eigenvalue weighted by Gasteiger charge is 2.53. The van der Waals surface area contributed by atoms with Gasteiger partial charge < -0.3 is 25.6 Å². The number of nitrogens with one attached hydrogen (secondary N) is 1. The molecule has 3 aliphatic rings. The molecular weight excluding hydrogens is 513 g/mol. The Hall–Kier alpha value is -3.60. The molecule has 0 radical (unpaired) electrons. The Morgan fingerprint density at radius 3 is 2.79 bits per heavy atom. The van der Waals surface area contributed by atoms with Gasteiger partial charge in [0.05, 0.1) is 12.9 Å². The zero-order valence-electron chi connectivity index (χ0n) is 20.1. The monoisotopic (exact) mass is 538 g/mol. The molecule has 6 rings (SSSR count). The molecule has 38 heavy (non-hydrogen) atoms. The van der Waals surface area contributed by atoms with E-state index in [9.17, 15) is 23.1 Å². The highest BCUT2D eigenvalue weighted by Crippen LogP contribution is 2.46. The van der Waals surface area contributed by atoms with Crippen molar-refractivity contribution in [1.29, 1.82) is 0 Å². The van der Waals surface area contributed by atoms with E-state index in [2.05, 4.69) is 40.4 Å². The van der Waals surface area contributed by atoms with Crippen LogP contribution in [0.25, 0.3) is 11.2 Å². The van der Waals surface area contributed by atoms with Gasteiger partial charge in [0.15, 0.2) is 29.9 Å². The van der Waals surface area contributed by atoms with E-state index >= 15 is 0 Å². The molecule has 4 N–H and O–H groups in total. The van der Waals surface area contributed by atoms with Crippen LogP contribution in [0.15, 0.2) is 6.33 Å². The minimum absolute atomic E-state index is 0.0797. The number of aliphatic hydroxyl groups excluding tert-OH is 1. The molecule has 4 heterocycles. The summed E-state index contributed by atoms with van der Waals surface area (Å²) < 4.78 is 50.9. The molecule has 0 aromatic carbocycles. The number of aliphatic hydroxyl groups is 1. The van der Waals surface area contributed by atoms with Crippen LogP contribution in [-0.2, 0) is 20.8 Å². The number of nitrogens with two attached hydrogens (primary N) is 1. The topological polar surface area (TPSA) is 181 Å². The Morgan fingerprint density at radius 2 is 2.13 bits per heavy atom. The number of fused-ring (bicyclic) bond motifs is 3. The highest BCUT2D eigenvalue weighted by molar-refractivity contribution is 5.83. The predicted molar refractivity (Wildman–Crippen MR) is 121 cm³/mol. The van der Waals surface area contributed by atoms with Crippen LogP contribution in [0, 0.1) is 11.8 Å². The second-order valence-electron chi connectivity index (χ2n) is 9.82. The van der Waals surface area contributed by atoms with Crippen LogP contribution in [0.5, 0.6) is 0 Å². The number of aryl methyl sites for hydroxylation is 1. The SMILES string of the molecule is CCn1nnc([C@H]2O[C@@H](n3cnc4c(N)nc(NC5CC6CCC5C6)nc43)[C@H](O)[C@@H]2OC(=O)C(F)(F)F)n1. The molecule has 1 saturated heterocycles. The quantitative estimate of drug-likeness (QED) is 0.381. The van der Waals surface area contributed by atoms with Gasteiger partial charge in [-0.1, -0.05) is 6.42 Å². The van der Waals surface area contributed by atoms with Gasteiger partial charge in [-0.05, 0) is 43.2 Å². The lowest BCUT2D eigenvalue weighted by molar-refractivity contribution is -0.210. The largest absolute Gasteiger partial charge is 0.490 e. The number of anilines is 2. The maximum Gasteiger partial charge on any atom is 0.490 e. The van der Waals surface area contributed by atoms with E-state index in [-0.39, 0.29) is 34.8 Å². The molecule has 3 unspecified atom stereocenters. The van der Waals surface area contributed by atoms with Gasteiger partial charge in [-0.2, -0.15) is 27.9 Å². The summed E-state index contributed by atoms with van der Waals surface area (Å²) in [5.41, 5.74) is 6.53. The first-order valence-corrected chi connectivity index (χ1v) is 12.3. The summed E-state index contributed by atoms with van der Waals surface area (Å²) >= 11 is 0. The average molecular weight is 538 g/mol. The maximum absolute atomic E-state index is 13.0. The summed E-state index contributed by atoms with van der Waals surface area (Å²) in [6.45, 7) is 2.04. The van der Waals surface area contributed by atoms with Gasteiger partial charge in [-0.3, -0.25) is 4.57 Å². The van der Waals surface area contributed by atoms with Gasteiger partial charge in [0.1, 0.15) is 11.6 Å². The van der Waals surface area contributed by atoms with Crippen LogP contribution in [0.1, 0.15) is 50.8 Å². The molecule has 3 aromatic heterocycles. The van der Waals surface area contributed by atoms with E-state index < -0.39 is 36.7 Å². The number of esters is 1. The summed E-state index contributed by atoms with van der Waals surface area (Å²) in [7, 11) is 0. The summed E-state index contributed by atoms with van der Waals surface area (Å²) in [5, 5.41) is 26.0. The van der Waals surface area contributed by atoms with Crippen molar-refractivity contribution in [3.05, 3.63) is 12.2 Å². The molecule has 7 atom stereocenters. The van der Waals surface area contributed by atoms with Crippen molar-refractivity contribution in [1.82, 2.24) is 39.7 Å². The fourth-order valence-electron chi connectivity index (χ4n) is 5.69. The zero-order valence-corrected chi connectivity index (χ0v) is 20.1. The molecule has 0 amide bonds. The van der Waals surface area contributed by atoms with Gasteiger partial charge in [-0.25, -0.2) is 9.78 Å². The number of hydrogen-bond acceptors (Lipinski definition) is 12. The molecule has 3 fully saturated rings. The van der Waals surface area contributed by atoms with E-state index in [1.54, 1.807) is 6.92 Å². The number of tetrazole rings is 1. The average Bonchev–Trinajstić information content (AvgIpc) is 3.68. The Morgan fingerprint density at radius 1 is 1.32 bits per heavy atom. The van der Waals surface area contributed by atoms with Crippen LogP contribution in [0.3, 0.4) is 0 Å². The standard InChI is InChI=1S/C21H25F3N10O4/c1-2-34-31-16(30-32-34)14-13(38-19(36)21(22,23)24)12(35)18(37-14)33-7-26-11-15(25)28-20(29-17(11)33)27-10-6-8-3-4-9(10)5-8/h7-10,12-14,18,35H,2-6H2,1H3,(H3,25,27,28,29)/t8?,9?,10?,12-,13+,14+,18-/m1/s1. The number of ether oxygens (including phenoxy) is 2. The number of imidazole rings is 1. The van der Waals surface area contributed by atoms with Crippen LogP contribution in [0.2, 0.25) is 0 Å². The number of nitrogen functional groups attached to an aromatic ring is 1. The molecular formula is C21H25F3N10O4. The van der Waals surface area contributed by atoms with Gasteiger partial charge >= 0.3 is 12.1 Å². The molecule has 204 valence electrons. The van der Waals surface area contributed by atoms with Gasteiger partial charge in [-0.15, -0.1) is 10.2 Å². The second kappa shape index (κ2) is 9.00. The predicted octanol–water partition coefficient (Wildman–Crippen LogP) is 1.12. The van der Waals surface area contributed by atoms with Crippen molar-refractivity contribution in [2.75, 3.05) is 11.1 Å². The van der Waals surface area contributed by atoms with Crippen molar-refractivity contribution in [2.45, 2.75) is 75.9 Å². The Balaban J connectivity index is 1.33. The highest BCUT2D eigenvalue weighted by atomic mass is 19.4. The number of rotatable bonds is 6. The number of nitrogens with zero attached hydrogens (tertiary/aromatic N) is 8. The zero-order chi connectivity index (χ0) is 26.8. The second-order valence-corrected chi connectivity index (χ2v) is 9.82. The number of halogens is 3. The summed E-state index contributed by atoms with van der Waals surface area (Å²) in [6, 6.07) is 0.207. The minimum atomic E-state index is -5.29. The normalized spacial score (nSPS) is 30.8. The van der Waals surface area contributed by atoms with E-state index in [1.807, 2.05) is 0 Å². The first-order valence-electron chi connectivity index (χ1n) is 12.3. The maximum atomic E-state index is 13.0. The summed E-state index contributed by atoms with van der Waals surface area (Å²) in [4.78, 5) is 25.9. The van der Waals surface area contributed by atoms with Crippen molar-refractivity contribution < 1.29 is 32.5 Å². The first kappa shape index (κ1) is 24.7. The van der Waals surface area contributed by atoms with E-state index in [1.165, 1.54) is 22.1 Å². The van der Waals surface area contributed by atoms with Crippen LogP contribution < -0.4 is 11.1 Å². The number of carbonyl (C=O) groups is 1. The summed E-state index contributed by atoms with van der Waals surface area (Å²) in [6.07, 6.45) is -5.89. The first-order chi connectivity index (χ1) is 18.1. The fourth-order valence-corrected chi connectivity index (χ4v) is 5.69. The molecule has 14 nitrogen and oxygen atoms in total. The lowest BCUT2D eigenvalue weighted by atomic mass is 9.95. The molecule has 0 spiro atoms. The van der Waals surface area contributed by atoms with E-state index in [0.29, 0.717) is 18.4 Å². The minimum Gasteiger partial charge on any atom is -0.449 e. The van der Waals surface area contributed by atoms with Gasteiger partial charge in [0, 0.05) is 6.04 Å². The Kier molecular flexibility index (Phi) is 5.86. The van der Waals surface area contributed by atoms with Crippen molar-refractivity contribution in [2.24, 2.45) is 11.8 Å². The third-order valence-electron chi connectivity index (χ3n) is 7.47. The van der Waals surface area contributed by atoms with Gasteiger partial charge in [0.2, 0.25) is 11.8 Å². The van der Waals surface area contributed by atoms with Crippen LogP contribution >= 0.6 is 0 Å². The third-order valence-corrected chi connectivity index (χ3v) is 7.47. The third kappa shape index (κ3) is 4.18.